The average molecular weight is 264 g/mol. The SMILES string of the molecule is CCCNc1ccncc1C(=O)NCCN(C)CC. The number of nitrogens with one attached hydrogen (secondary N) is 2. The van der Waals surface area contributed by atoms with Crippen LogP contribution in [0.5, 0.6) is 0 Å². The monoisotopic (exact) mass is 264 g/mol. The summed E-state index contributed by atoms with van der Waals surface area (Å²) < 4.78 is 0. The van der Waals surface area contributed by atoms with E-state index in [0.29, 0.717) is 12.1 Å². The van der Waals surface area contributed by atoms with Crippen LogP contribution in [0, 0.1) is 0 Å². The highest BCUT2D eigenvalue weighted by Crippen LogP contribution is 2.13. The molecule has 0 fully saturated rings. The van der Waals surface area contributed by atoms with Crippen molar-refractivity contribution in [1.29, 1.82) is 0 Å². The Labute approximate surface area is 115 Å². The van der Waals surface area contributed by atoms with Crippen molar-refractivity contribution < 1.29 is 4.79 Å². The fourth-order valence-electron chi connectivity index (χ4n) is 1.60. The summed E-state index contributed by atoms with van der Waals surface area (Å²) in [6.45, 7) is 7.50. The van der Waals surface area contributed by atoms with E-state index >= 15 is 0 Å². The Kier molecular flexibility index (Phi) is 6.89. The van der Waals surface area contributed by atoms with Crippen LogP contribution in [0.15, 0.2) is 18.5 Å². The van der Waals surface area contributed by atoms with E-state index in [0.717, 1.165) is 31.7 Å². The quantitative estimate of drug-likeness (QED) is 0.748. The zero-order valence-electron chi connectivity index (χ0n) is 12.1. The molecule has 5 heteroatoms. The highest BCUT2D eigenvalue weighted by atomic mass is 16.1. The molecule has 0 bridgehead atoms. The van der Waals surface area contributed by atoms with E-state index in [9.17, 15) is 4.79 Å². The lowest BCUT2D eigenvalue weighted by Crippen LogP contribution is -2.33. The zero-order chi connectivity index (χ0) is 14.1. The number of anilines is 1. The average Bonchev–Trinajstić information content (AvgIpc) is 2.45. The number of carbonyl (C=O) groups is 1. The maximum absolute atomic E-state index is 12.1. The summed E-state index contributed by atoms with van der Waals surface area (Å²) in [6, 6.07) is 1.84. The summed E-state index contributed by atoms with van der Waals surface area (Å²) >= 11 is 0. The molecule has 0 saturated heterocycles. The minimum Gasteiger partial charge on any atom is -0.384 e. The van der Waals surface area contributed by atoms with Crippen molar-refractivity contribution in [2.45, 2.75) is 20.3 Å². The molecular weight excluding hydrogens is 240 g/mol. The number of pyridine rings is 1. The number of amides is 1. The van der Waals surface area contributed by atoms with Gasteiger partial charge in [-0.15, -0.1) is 0 Å². The largest absolute Gasteiger partial charge is 0.384 e. The van der Waals surface area contributed by atoms with Crippen LogP contribution < -0.4 is 10.6 Å². The first-order valence-corrected chi connectivity index (χ1v) is 6.83. The lowest BCUT2D eigenvalue weighted by molar-refractivity contribution is 0.0950. The first-order chi connectivity index (χ1) is 9.19. The predicted molar refractivity (Wildman–Crippen MR) is 78.5 cm³/mol. The second-order valence-electron chi connectivity index (χ2n) is 4.50. The number of carbonyl (C=O) groups excluding carboxylic acids is 1. The minimum absolute atomic E-state index is 0.0730. The molecule has 0 atom stereocenters. The molecule has 0 spiro atoms. The van der Waals surface area contributed by atoms with Gasteiger partial charge in [0.2, 0.25) is 0 Å². The van der Waals surface area contributed by atoms with E-state index in [2.05, 4.69) is 34.4 Å². The summed E-state index contributed by atoms with van der Waals surface area (Å²) in [5.41, 5.74) is 1.45. The van der Waals surface area contributed by atoms with Gasteiger partial charge in [0.1, 0.15) is 0 Å². The van der Waals surface area contributed by atoms with Gasteiger partial charge >= 0.3 is 0 Å². The molecule has 5 nitrogen and oxygen atoms in total. The van der Waals surface area contributed by atoms with Gasteiger partial charge in [0.25, 0.3) is 5.91 Å². The minimum atomic E-state index is -0.0730. The molecule has 106 valence electrons. The summed E-state index contributed by atoms with van der Waals surface area (Å²) in [4.78, 5) is 18.3. The molecular formula is C14H24N4O. The van der Waals surface area contributed by atoms with E-state index in [4.69, 9.17) is 0 Å². The van der Waals surface area contributed by atoms with Gasteiger partial charge in [-0.3, -0.25) is 9.78 Å². The third-order valence-corrected chi connectivity index (χ3v) is 2.95. The number of aromatic nitrogens is 1. The molecule has 1 rings (SSSR count). The van der Waals surface area contributed by atoms with Crippen molar-refractivity contribution in [1.82, 2.24) is 15.2 Å². The van der Waals surface area contributed by atoms with Gasteiger partial charge < -0.3 is 15.5 Å². The Bertz CT molecular complexity index is 395. The van der Waals surface area contributed by atoms with E-state index in [1.54, 1.807) is 12.4 Å². The molecule has 0 radical (unpaired) electrons. The molecule has 1 aromatic heterocycles. The van der Waals surface area contributed by atoms with Crippen LogP contribution in [0.2, 0.25) is 0 Å². The van der Waals surface area contributed by atoms with Crippen LogP contribution in [-0.4, -0.2) is 49.0 Å². The first kappa shape index (κ1) is 15.4. The fraction of sp³-hybridized carbons (Fsp3) is 0.571. The fourth-order valence-corrected chi connectivity index (χ4v) is 1.60. The van der Waals surface area contributed by atoms with Gasteiger partial charge in [0, 0.05) is 32.0 Å². The topological polar surface area (TPSA) is 57.3 Å². The summed E-state index contributed by atoms with van der Waals surface area (Å²) in [5, 5.41) is 6.16. The van der Waals surface area contributed by atoms with Crippen LogP contribution in [0.25, 0.3) is 0 Å². The third kappa shape index (κ3) is 5.26. The summed E-state index contributed by atoms with van der Waals surface area (Å²) in [7, 11) is 2.03. The number of nitrogens with zero attached hydrogens (tertiary/aromatic N) is 2. The van der Waals surface area contributed by atoms with Gasteiger partial charge in [-0.2, -0.15) is 0 Å². The molecule has 0 saturated carbocycles. The smallest absolute Gasteiger partial charge is 0.254 e. The van der Waals surface area contributed by atoms with Crippen molar-refractivity contribution in [2.24, 2.45) is 0 Å². The normalized spacial score (nSPS) is 10.5. The molecule has 0 aliphatic carbocycles. The van der Waals surface area contributed by atoms with Crippen molar-refractivity contribution in [2.75, 3.05) is 38.5 Å². The molecule has 0 unspecified atom stereocenters. The van der Waals surface area contributed by atoms with Gasteiger partial charge in [-0.25, -0.2) is 0 Å². The summed E-state index contributed by atoms with van der Waals surface area (Å²) in [5.74, 6) is -0.0730. The van der Waals surface area contributed by atoms with Gasteiger partial charge in [-0.05, 0) is 26.1 Å². The van der Waals surface area contributed by atoms with E-state index < -0.39 is 0 Å². The maximum Gasteiger partial charge on any atom is 0.254 e. The van der Waals surface area contributed by atoms with Crippen molar-refractivity contribution in [3.63, 3.8) is 0 Å². The number of rotatable bonds is 8. The molecule has 1 amide bonds. The van der Waals surface area contributed by atoms with Crippen LogP contribution in [0.1, 0.15) is 30.6 Å². The molecule has 0 aromatic carbocycles. The van der Waals surface area contributed by atoms with Crippen LogP contribution >= 0.6 is 0 Å². The van der Waals surface area contributed by atoms with Crippen LogP contribution in [-0.2, 0) is 0 Å². The van der Waals surface area contributed by atoms with Gasteiger partial charge in [-0.1, -0.05) is 13.8 Å². The Morgan fingerprint density at radius 2 is 2.16 bits per heavy atom. The Morgan fingerprint density at radius 1 is 1.37 bits per heavy atom. The number of hydrogen-bond donors (Lipinski definition) is 2. The Balaban J connectivity index is 2.55. The number of likely N-dealkylation sites (N-methyl/N-ethyl adjacent to an activating group) is 1. The highest BCUT2D eigenvalue weighted by molar-refractivity contribution is 5.99. The standard InChI is InChI=1S/C14H24N4O/c1-4-7-16-13-6-8-15-11-12(13)14(19)17-9-10-18(3)5-2/h6,8,11H,4-5,7,9-10H2,1-3H3,(H,15,16)(H,17,19). The van der Waals surface area contributed by atoms with Crippen molar-refractivity contribution in [3.8, 4) is 0 Å². The van der Waals surface area contributed by atoms with E-state index in [1.807, 2.05) is 13.1 Å². The molecule has 1 heterocycles. The molecule has 2 N–H and O–H groups in total. The van der Waals surface area contributed by atoms with Crippen molar-refractivity contribution in [3.05, 3.63) is 24.0 Å². The first-order valence-electron chi connectivity index (χ1n) is 6.83. The second kappa shape index (κ2) is 8.48. The van der Waals surface area contributed by atoms with Crippen molar-refractivity contribution >= 4 is 11.6 Å². The predicted octanol–water partition coefficient (Wildman–Crippen LogP) is 1.58. The van der Waals surface area contributed by atoms with Crippen LogP contribution in [0.3, 0.4) is 0 Å². The van der Waals surface area contributed by atoms with Crippen LogP contribution in [0.4, 0.5) is 5.69 Å². The Hall–Kier alpha value is -1.62. The second-order valence-corrected chi connectivity index (χ2v) is 4.50. The summed E-state index contributed by atoms with van der Waals surface area (Å²) in [6.07, 6.45) is 4.32. The molecule has 0 aliphatic heterocycles. The van der Waals surface area contributed by atoms with E-state index in [-0.39, 0.29) is 5.91 Å². The maximum atomic E-state index is 12.1. The molecule has 1 aromatic rings. The molecule has 19 heavy (non-hydrogen) atoms. The highest BCUT2D eigenvalue weighted by Gasteiger charge is 2.10. The third-order valence-electron chi connectivity index (χ3n) is 2.95. The van der Waals surface area contributed by atoms with Gasteiger partial charge in [0.05, 0.1) is 11.3 Å². The lowest BCUT2D eigenvalue weighted by Gasteiger charge is -2.15. The molecule has 0 aliphatic rings. The zero-order valence-corrected chi connectivity index (χ0v) is 12.1. The number of hydrogen-bond acceptors (Lipinski definition) is 4. The van der Waals surface area contributed by atoms with Gasteiger partial charge in [0.15, 0.2) is 0 Å². The lowest BCUT2D eigenvalue weighted by atomic mass is 10.2. The van der Waals surface area contributed by atoms with E-state index in [1.165, 1.54) is 0 Å². The Morgan fingerprint density at radius 3 is 2.84 bits per heavy atom.